The van der Waals surface area contributed by atoms with Gasteiger partial charge in [0.05, 0.1) is 25.2 Å². The summed E-state index contributed by atoms with van der Waals surface area (Å²) in [5.41, 5.74) is 3.34. The van der Waals surface area contributed by atoms with E-state index < -0.39 is 5.82 Å². The minimum absolute atomic E-state index is 0. The molecule has 0 bridgehead atoms. The van der Waals surface area contributed by atoms with Gasteiger partial charge in [-0.3, -0.25) is 4.79 Å². The fraction of sp³-hybridized carbons (Fsp3) is 0.182. The van der Waals surface area contributed by atoms with Crippen LogP contribution < -0.4 is 15.4 Å². The molecule has 160 valence electrons. The van der Waals surface area contributed by atoms with Gasteiger partial charge < -0.3 is 20.3 Å². The summed E-state index contributed by atoms with van der Waals surface area (Å²) in [6, 6.07) is 9.06. The first-order valence-electron chi connectivity index (χ1n) is 9.15. The van der Waals surface area contributed by atoms with E-state index in [-0.39, 0.29) is 25.1 Å². The van der Waals surface area contributed by atoms with Crippen LogP contribution in [0.25, 0.3) is 0 Å². The van der Waals surface area contributed by atoms with Crippen LogP contribution in [0.1, 0.15) is 18.6 Å². The van der Waals surface area contributed by atoms with Crippen LogP contribution in [-0.4, -0.2) is 32.9 Å². The number of rotatable bonds is 6. The summed E-state index contributed by atoms with van der Waals surface area (Å²) in [6.07, 6.45) is 3.95. The second-order valence-electron chi connectivity index (χ2n) is 6.61. The number of carbonyl (C=O) groups is 1. The second-order valence-corrected chi connectivity index (χ2v) is 6.61. The average molecular weight is 422 g/mol. The number of carbonyl (C=O) groups excluding carboxylic acids is 1. The van der Waals surface area contributed by atoms with Crippen molar-refractivity contribution < 1.29 is 13.9 Å². The molecule has 31 heavy (non-hydrogen) atoms. The lowest BCUT2D eigenvalue weighted by Gasteiger charge is -2.11. The van der Waals surface area contributed by atoms with E-state index in [1.165, 1.54) is 13.2 Å². The molecule has 0 fully saturated rings. The van der Waals surface area contributed by atoms with Gasteiger partial charge in [-0.1, -0.05) is 20.1 Å². The summed E-state index contributed by atoms with van der Waals surface area (Å²) in [4.78, 5) is 25.8. The van der Waals surface area contributed by atoms with E-state index in [4.69, 9.17) is 4.74 Å². The van der Waals surface area contributed by atoms with Gasteiger partial charge >= 0.3 is 0 Å². The zero-order valence-corrected chi connectivity index (χ0v) is 16.2. The third-order valence-electron chi connectivity index (χ3n) is 4.62. The molecular formula is C22H23FN6O2. The van der Waals surface area contributed by atoms with Crippen molar-refractivity contribution in [1.29, 1.82) is 0 Å². The summed E-state index contributed by atoms with van der Waals surface area (Å²) >= 11 is 0. The van der Waals surface area contributed by atoms with E-state index >= 15 is 0 Å². The van der Waals surface area contributed by atoms with Crippen molar-refractivity contribution in [3.05, 3.63) is 72.3 Å². The van der Waals surface area contributed by atoms with Crippen LogP contribution in [0.2, 0.25) is 0 Å². The van der Waals surface area contributed by atoms with Crippen molar-refractivity contribution in [3.63, 3.8) is 0 Å². The molecule has 1 amide bonds. The van der Waals surface area contributed by atoms with Crippen molar-refractivity contribution in [3.8, 4) is 5.88 Å². The molecule has 2 N–H and O–H groups in total. The summed E-state index contributed by atoms with van der Waals surface area (Å²) < 4.78 is 19.3. The molecule has 1 aliphatic rings. The molecule has 0 saturated carbocycles. The Morgan fingerprint density at radius 1 is 1.13 bits per heavy atom. The highest BCUT2D eigenvalue weighted by molar-refractivity contribution is 5.87. The van der Waals surface area contributed by atoms with Gasteiger partial charge in [0.2, 0.25) is 17.7 Å². The van der Waals surface area contributed by atoms with Crippen molar-refractivity contribution in [1.82, 2.24) is 19.9 Å². The van der Waals surface area contributed by atoms with E-state index in [0.717, 1.165) is 17.3 Å². The minimum atomic E-state index is -0.586. The van der Waals surface area contributed by atoms with E-state index in [2.05, 4.69) is 32.2 Å². The van der Waals surface area contributed by atoms with Crippen molar-refractivity contribution in [2.24, 2.45) is 0 Å². The standard InChI is InChI=1S/C21H19FN6O2.CH4/c1-3-19(29)28-11-13-4-5-15(8-14(13)12-28)25-20-17(22)10-24-21(27-20)26-16-6-7-18(30-2)23-9-16;/h3-10H,1,11-12H2,2H3,(H2,24,25,26,27);1H4. The zero-order chi connectivity index (χ0) is 21.1. The van der Waals surface area contributed by atoms with Gasteiger partial charge in [0, 0.05) is 24.8 Å². The number of hydrogen-bond acceptors (Lipinski definition) is 7. The monoisotopic (exact) mass is 422 g/mol. The number of benzene rings is 1. The number of pyridine rings is 1. The molecule has 9 heteroatoms. The average Bonchev–Trinajstić information content (AvgIpc) is 3.19. The number of fused-ring (bicyclic) bond motifs is 1. The molecule has 0 unspecified atom stereocenters. The highest BCUT2D eigenvalue weighted by Gasteiger charge is 2.22. The SMILES string of the molecule is C.C=CC(=O)N1Cc2ccc(Nc3nc(Nc4ccc(OC)nc4)ncc3F)cc2C1. The Hall–Kier alpha value is -4.01. The molecule has 0 saturated heterocycles. The van der Waals surface area contributed by atoms with Crippen LogP contribution in [-0.2, 0) is 17.9 Å². The Bertz CT molecular complexity index is 1100. The first kappa shape index (κ1) is 21.7. The highest BCUT2D eigenvalue weighted by atomic mass is 19.1. The van der Waals surface area contributed by atoms with E-state index in [9.17, 15) is 9.18 Å². The Morgan fingerprint density at radius 3 is 2.61 bits per heavy atom. The number of nitrogens with zero attached hydrogens (tertiary/aromatic N) is 4. The van der Waals surface area contributed by atoms with Crippen molar-refractivity contribution in [2.45, 2.75) is 20.5 Å². The number of halogens is 1. The maximum absolute atomic E-state index is 14.3. The topological polar surface area (TPSA) is 92.3 Å². The first-order chi connectivity index (χ1) is 14.6. The van der Waals surface area contributed by atoms with Gasteiger partial charge in [0.25, 0.3) is 0 Å². The number of hydrogen-bond donors (Lipinski definition) is 2. The van der Waals surface area contributed by atoms with E-state index in [0.29, 0.717) is 30.3 Å². The van der Waals surface area contributed by atoms with Gasteiger partial charge in [-0.05, 0) is 35.4 Å². The minimum Gasteiger partial charge on any atom is -0.481 e. The summed E-state index contributed by atoms with van der Waals surface area (Å²) in [5.74, 6) is 0.0253. The summed E-state index contributed by atoms with van der Waals surface area (Å²) in [5, 5.41) is 5.95. The lowest BCUT2D eigenvalue weighted by Crippen LogP contribution is -2.22. The summed E-state index contributed by atoms with van der Waals surface area (Å²) in [7, 11) is 1.53. The molecule has 1 aliphatic heterocycles. The van der Waals surface area contributed by atoms with Gasteiger partial charge in [-0.25, -0.2) is 14.4 Å². The molecule has 0 spiro atoms. The maximum Gasteiger partial charge on any atom is 0.246 e. The van der Waals surface area contributed by atoms with Crippen LogP contribution >= 0.6 is 0 Å². The number of ether oxygens (including phenoxy) is 1. The molecule has 3 heterocycles. The zero-order valence-electron chi connectivity index (χ0n) is 16.2. The molecule has 2 aromatic heterocycles. The van der Waals surface area contributed by atoms with Gasteiger partial charge in [-0.2, -0.15) is 4.98 Å². The van der Waals surface area contributed by atoms with E-state index in [1.807, 2.05) is 18.2 Å². The number of aromatic nitrogens is 3. The second kappa shape index (κ2) is 9.21. The van der Waals surface area contributed by atoms with Crippen LogP contribution in [0.4, 0.5) is 27.5 Å². The smallest absolute Gasteiger partial charge is 0.246 e. The molecule has 0 atom stereocenters. The molecule has 8 nitrogen and oxygen atoms in total. The van der Waals surface area contributed by atoms with Crippen LogP contribution in [0.5, 0.6) is 5.88 Å². The van der Waals surface area contributed by atoms with Crippen LogP contribution in [0, 0.1) is 5.82 Å². The first-order valence-corrected chi connectivity index (χ1v) is 9.15. The fourth-order valence-corrected chi connectivity index (χ4v) is 3.11. The third kappa shape index (κ3) is 4.77. The number of methoxy groups -OCH3 is 1. The molecule has 0 radical (unpaired) electrons. The third-order valence-corrected chi connectivity index (χ3v) is 4.62. The normalized spacial score (nSPS) is 11.9. The fourth-order valence-electron chi connectivity index (χ4n) is 3.11. The Morgan fingerprint density at radius 2 is 1.90 bits per heavy atom. The van der Waals surface area contributed by atoms with Crippen LogP contribution in [0.15, 0.2) is 55.4 Å². The molecular weight excluding hydrogens is 399 g/mol. The quantitative estimate of drug-likeness (QED) is 0.576. The van der Waals surface area contributed by atoms with Crippen molar-refractivity contribution >= 4 is 29.0 Å². The van der Waals surface area contributed by atoms with Gasteiger partial charge in [0.1, 0.15) is 0 Å². The lowest BCUT2D eigenvalue weighted by atomic mass is 10.1. The van der Waals surface area contributed by atoms with Gasteiger partial charge in [-0.15, -0.1) is 0 Å². The Balaban J connectivity index is 0.00000272. The largest absolute Gasteiger partial charge is 0.481 e. The maximum atomic E-state index is 14.3. The van der Waals surface area contributed by atoms with Crippen LogP contribution in [0.3, 0.4) is 0 Å². The number of amides is 1. The molecule has 3 aromatic rings. The molecule has 4 rings (SSSR count). The highest BCUT2D eigenvalue weighted by Crippen LogP contribution is 2.28. The molecule has 0 aliphatic carbocycles. The lowest BCUT2D eigenvalue weighted by molar-refractivity contribution is -0.126. The predicted molar refractivity (Wildman–Crippen MR) is 117 cm³/mol. The molecule has 1 aromatic carbocycles. The number of nitrogens with one attached hydrogen (secondary N) is 2. The van der Waals surface area contributed by atoms with Gasteiger partial charge in [0.15, 0.2) is 11.6 Å². The van der Waals surface area contributed by atoms with Crippen molar-refractivity contribution in [2.75, 3.05) is 17.7 Å². The summed E-state index contributed by atoms with van der Waals surface area (Å²) in [6.45, 7) is 4.54. The predicted octanol–water partition coefficient (Wildman–Crippen LogP) is 4.17. The number of anilines is 4. The Kier molecular flexibility index (Phi) is 6.44. The van der Waals surface area contributed by atoms with E-state index in [1.54, 1.807) is 23.2 Å². The Labute approximate surface area is 179 Å².